The van der Waals surface area contributed by atoms with Gasteiger partial charge in [0.15, 0.2) is 0 Å². The van der Waals surface area contributed by atoms with E-state index in [-0.39, 0.29) is 0 Å². The van der Waals surface area contributed by atoms with Gasteiger partial charge in [0.2, 0.25) is 0 Å². The molecule has 0 amide bonds. The van der Waals surface area contributed by atoms with Crippen molar-refractivity contribution in [1.29, 1.82) is 0 Å². The molecule has 120 valence electrons. The number of rotatable bonds is 10. The van der Waals surface area contributed by atoms with Gasteiger partial charge in [-0.3, -0.25) is 0 Å². The van der Waals surface area contributed by atoms with Gasteiger partial charge in [0.1, 0.15) is 12.4 Å². The number of hydrogen-bond donors (Lipinski definition) is 1. The maximum absolute atomic E-state index is 5.84. The molecular weight excluding hydrogens is 262 g/mol. The highest BCUT2D eigenvalue weighted by atomic mass is 16.5. The standard InChI is InChI=1S/C18H31NO2/c1-5-11-19-15-16-8-6-7-9-17(16)21-14-13-20-12-10-18(2,3)4/h6-9,19H,5,10-15H2,1-4H3. The van der Waals surface area contributed by atoms with Crippen LogP contribution in [0.15, 0.2) is 24.3 Å². The summed E-state index contributed by atoms with van der Waals surface area (Å²) in [5.74, 6) is 0.959. The van der Waals surface area contributed by atoms with Gasteiger partial charge < -0.3 is 14.8 Å². The minimum absolute atomic E-state index is 0.332. The first-order chi connectivity index (χ1) is 10.0. The van der Waals surface area contributed by atoms with Crippen LogP contribution in [0.3, 0.4) is 0 Å². The summed E-state index contributed by atoms with van der Waals surface area (Å²) in [4.78, 5) is 0. The van der Waals surface area contributed by atoms with Crippen molar-refractivity contribution >= 4 is 0 Å². The van der Waals surface area contributed by atoms with E-state index in [4.69, 9.17) is 9.47 Å². The van der Waals surface area contributed by atoms with Crippen molar-refractivity contribution in [2.45, 2.75) is 47.1 Å². The fraction of sp³-hybridized carbons (Fsp3) is 0.667. The van der Waals surface area contributed by atoms with E-state index in [1.807, 2.05) is 12.1 Å². The van der Waals surface area contributed by atoms with Crippen LogP contribution in [-0.2, 0) is 11.3 Å². The highest BCUT2D eigenvalue weighted by Crippen LogP contribution is 2.19. The van der Waals surface area contributed by atoms with Gasteiger partial charge in [-0.25, -0.2) is 0 Å². The van der Waals surface area contributed by atoms with E-state index in [9.17, 15) is 0 Å². The van der Waals surface area contributed by atoms with Crippen molar-refractivity contribution in [2.75, 3.05) is 26.4 Å². The van der Waals surface area contributed by atoms with Crippen LogP contribution in [0.2, 0.25) is 0 Å². The number of hydrogen-bond acceptors (Lipinski definition) is 3. The summed E-state index contributed by atoms with van der Waals surface area (Å²) in [6.45, 7) is 12.8. The lowest BCUT2D eigenvalue weighted by molar-refractivity contribution is 0.0816. The normalized spacial score (nSPS) is 11.6. The Kier molecular flexibility index (Phi) is 8.40. The Balaban J connectivity index is 2.25. The van der Waals surface area contributed by atoms with Crippen LogP contribution in [-0.4, -0.2) is 26.4 Å². The zero-order chi connectivity index (χ0) is 15.6. The summed E-state index contributed by atoms with van der Waals surface area (Å²) in [5.41, 5.74) is 1.54. The molecule has 0 aliphatic heterocycles. The highest BCUT2D eigenvalue weighted by molar-refractivity contribution is 5.33. The van der Waals surface area contributed by atoms with Crippen LogP contribution in [0, 0.1) is 5.41 Å². The van der Waals surface area contributed by atoms with Crippen molar-refractivity contribution in [1.82, 2.24) is 5.32 Å². The van der Waals surface area contributed by atoms with Gasteiger partial charge in [-0.05, 0) is 30.9 Å². The maximum atomic E-state index is 5.84. The van der Waals surface area contributed by atoms with E-state index in [2.05, 4.69) is 45.1 Å². The minimum Gasteiger partial charge on any atom is -0.491 e. The Morgan fingerprint density at radius 3 is 2.52 bits per heavy atom. The summed E-state index contributed by atoms with van der Waals surface area (Å²) in [6.07, 6.45) is 2.22. The largest absolute Gasteiger partial charge is 0.491 e. The molecule has 1 rings (SSSR count). The zero-order valence-electron chi connectivity index (χ0n) is 14.1. The molecule has 1 aromatic rings. The molecule has 0 unspecified atom stereocenters. The Hall–Kier alpha value is -1.06. The van der Waals surface area contributed by atoms with Gasteiger partial charge in [0, 0.05) is 18.7 Å². The zero-order valence-corrected chi connectivity index (χ0v) is 14.1. The molecule has 0 spiro atoms. The lowest BCUT2D eigenvalue weighted by atomic mass is 9.93. The first-order valence-electron chi connectivity index (χ1n) is 8.02. The van der Waals surface area contributed by atoms with E-state index < -0.39 is 0 Å². The summed E-state index contributed by atoms with van der Waals surface area (Å²) in [6, 6.07) is 8.20. The molecule has 0 radical (unpaired) electrons. The van der Waals surface area contributed by atoms with Crippen LogP contribution < -0.4 is 10.1 Å². The number of benzene rings is 1. The summed E-state index contributed by atoms with van der Waals surface area (Å²) < 4.78 is 11.5. The molecule has 0 aromatic heterocycles. The fourth-order valence-corrected chi connectivity index (χ4v) is 1.88. The summed E-state index contributed by atoms with van der Waals surface area (Å²) >= 11 is 0. The van der Waals surface area contributed by atoms with Gasteiger partial charge in [0.25, 0.3) is 0 Å². The van der Waals surface area contributed by atoms with Crippen LogP contribution in [0.1, 0.15) is 46.1 Å². The third-order valence-electron chi connectivity index (χ3n) is 3.20. The molecule has 21 heavy (non-hydrogen) atoms. The van der Waals surface area contributed by atoms with Crippen LogP contribution in [0.25, 0.3) is 0 Å². The number of nitrogens with one attached hydrogen (secondary N) is 1. The van der Waals surface area contributed by atoms with E-state index >= 15 is 0 Å². The van der Waals surface area contributed by atoms with Crippen molar-refractivity contribution < 1.29 is 9.47 Å². The first-order valence-corrected chi connectivity index (χ1v) is 8.02. The second-order valence-corrected chi connectivity index (χ2v) is 6.56. The van der Waals surface area contributed by atoms with E-state index in [1.54, 1.807) is 0 Å². The number of para-hydroxylation sites is 1. The molecule has 0 aliphatic rings. The smallest absolute Gasteiger partial charge is 0.123 e. The SMILES string of the molecule is CCCNCc1ccccc1OCCOCCC(C)(C)C. The van der Waals surface area contributed by atoms with Crippen molar-refractivity contribution in [2.24, 2.45) is 5.41 Å². The Morgan fingerprint density at radius 1 is 1.05 bits per heavy atom. The molecule has 0 heterocycles. The molecule has 0 bridgehead atoms. The first kappa shape index (κ1) is 18.0. The van der Waals surface area contributed by atoms with Gasteiger partial charge in [-0.2, -0.15) is 0 Å². The molecule has 1 N–H and O–H groups in total. The Labute approximate surface area is 130 Å². The second kappa shape index (κ2) is 9.80. The van der Waals surface area contributed by atoms with Crippen molar-refractivity contribution in [3.05, 3.63) is 29.8 Å². The molecule has 1 aromatic carbocycles. The fourth-order valence-electron chi connectivity index (χ4n) is 1.88. The van der Waals surface area contributed by atoms with Crippen LogP contribution in [0.4, 0.5) is 0 Å². The van der Waals surface area contributed by atoms with Crippen LogP contribution >= 0.6 is 0 Å². The molecule has 0 saturated carbocycles. The Bertz CT molecular complexity index is 385. The minimum atomic E-state index is 0.332. The number of ether oxygens (including phenoxy) is 2. The summed E-state index contributed by atoms with van der Waals surface area (Å²) in [5, 5.41) is 3.41. The van der Waals surface area contributed by atoms with Crippen molar-refractivity contribution in [3.63, 3.8) is 0 Å². The predicted octanol–water partition coefficient (Wildman–Crippen LogP) is 4.02. The molecule has 0 fully saturated rings. The third-order valence-corrected chi connectivity index (χ3v) is 3.20. The van der Waals surface area contributed by atoms with Gasteiger partial charge >= 0.3 is 0 Å². The van der Waals surface area contributed by atoms with Gasteiger partial charge in [-0.15, -0.1) is 0 Å². The van der Waals surface area contributed by atoms with Crippen LogP contribution in [0.5, 0.6) is 5.75 Å². The van der Waals surface area contributed by atoms with E-state index in [0.29, 0.717) is 18.6 Å². The summed E-state index contributed by atoms with van der Waals surface area (Å²) in [7, 11) is 0. The maximum Gasteiger partial charge on any atom is 0.123 e. The lowest BCUT2D eigenvalue weighted by Crippen LogP contribution is -2.16. The van der Waals surface area contributed by atoms with E-state index in [0.717, 1.165) is 38.3 Å². The lowest BCUT2D eigenvalue weighted by Gasteiger charge is -2.18. The predicted molar refractivity (Wildman–Crippen MR) is 88.8 cm³/mol. The van der Waals surface area contributed by atoms with Gasteiger partial charge in [0.05, 0.1) is 6.61 Å². The molecule has 0 atom stereocenters. The highest BCUT2D eigenvalue weighted by Gasteiger charge is 2.09. The second-order valence-electron chi connectivity index (χ2n) is 6.56. The molecule has 3 heteroatoms. The molecule has 0 saturated heterocycles. The average molecular weight is 293 g/mol. The Morgan fingerprint density at radius 2 is 1.81 bits per heavy atom. The van der Waals surface area contributed by atoms with Crippen molar-refractivity contribution in [3.8, 4) is 5.75 Å². The van der Waals surface area contributed by atoms with E-state index in [1.165, 1.54) is 5.56 Å². The van der Waals surface area contributed by atoms with Gasteiger partial charge in [-0.1, -0.05) is 45.9 Å². The molecule has 0 aliphatic carbocycles. The topological polar surface area (TPSA) is 30.5 Å². The quantitative estimate of drug-likeness (QED) is 0.661. The third kappa shape index (κ3) is 8.74. The average Bonchev–Trinajstić information content (AvgIpc) is 2.43. The molecule has 3 nitrogen and oxygen atoms in total. The molecular formula is C18H31NO2. The monoisotopic (exact) mass is 293 g/mol.